The summed E-state index contributed by atoms with van der Waals surface area (Å²) in [7, 11) is -3.66. The number of sulfonamides is 1. The van der Waals surface area contributed by atoms with E-state index in [9.17, 15) is 13.2 Å². The summed E-state index contributed by atoms with van der Waals surface area (Å²) in [5.74, 6) is -1.12. The predicted octanol–water partition coefficient (Wildman–Crippen LogP) is 2.24. The molecule has 1 aromatic heterocycles. The van der Waals surface area contributed by atoms with Gasteiger partial charge in [-0.25, -0.2) is 17.9 Å². The van der Waals surface area contributed by atoms with Crippen molar-refractivity contribution in [1.82, 2.24) is 4.72 Å². The average Bonchev–Trinajstić information content (AvgIpc) is 2.81. The monoisotopic (exact) mass is 335 g/mol. The quantitative estimate of drug-likeness (QED) is 0.640. The van der Waals surface area contributed by atoms with E-state index in [-0.39, 0.29) is 16.3 Å². The zero-order valence-electron chi connectivity index (χ0n) is 12.2. The molecule has 8 heteroatoms. The summed E-state index contributed by atoms with van der Waals surface area (Å²) in [6.07, 6.45) is 2.64. The van der Waals surface area contributed by atoms with Gasteiger partial charge in [0.25, 0.3) is 0 Å². The van der Waals surface area contributed by atoms with Gasteiger partial charge in [0.2, 0.25) is 10.0 Å². The minimum absolute atomic E-state index is 0.0239. The standard InChI is InChI=1S/C13H21NO5S2/c1-3-4-7-19-8-5-6-14-21(17,18)12-9-11(13(15)16)20-10(12)2/h9,14H,3-8H2,1-2H3,(H,15,16). The van der Waals surface area contributed by atoms with Gasteiger partial charge in [0.15, 0.2) is 0 Å². The van der Waals surface area contributed by atoms with Crippen LogP contribution in [0.25, 0.3) is 0 Å². The summed E-state index contributed by atoms with van der Waals surface area (Å²) in [5.41, 5.74) is 0. The predicted molar refractivity (Wildman–Crippen MR) is 81.5 cm³/mol. The SMILES string of the molecule is CCCCOCCCNS(=O)(=O)c1cc(C(=O)O)sc1C. The van der Waals surface area contributed by atoms with Crippen LogP contribution in [0.5, 0.6) is 0 Å². The molecule has 2 N–H and O–H groups in total. The topological polar surface area (TPSA) is 92.7 Å². The van der Waals surface area contributed by atoms with Crippen LogP contribution in [0.3, 0.4) is 0 Å². The minimum atomic E-state index is -3.66. The van der Waals surface area contributed by atoms with Crippen LogP contribution < -0.4 is 4.72 Å². The molecule has 0 amide bonds. The fourth-order valence-corrected chi connectivity index (χ4v) is 4.15. The van der Waals surface area contributed by atoms with Gasteiger partial charge in [-0.1, -0.05) is 13.3 Å². The number of ether oxygens (including phenoxy) is 1. The smallest absolute Gasteiger partial charge is 0.345 e. The second kappa shape index (κ2) is 8.47. The first kappa shape index (κ1) is 18.1. The maximum absolute atomic E-state index is 12.1. The van der Waals surface area contributed by atoms with Gasteiger partial charge in [0.05, 0.1) is 4.90 Å². The van der Waals surface area contributed by atoms with Gasteiger partial charge in [-0.15, -0.1) is 11.3 Å². The highest BCUT2D eigenvalue weighted by molar-refractivity contribution is 7.89. The molecule has 0 saturated heterocycles. The highest BCUT2D eigenvalue weighted by Crippen LogP contribution is 2.25. The average molecular weight is 335 g/mol. The first-order chi connectivity index (χ1) is 9.88. The summed E-state index contributed by atoms with van der Waals surface area (Å²) in [6.45, 7) is 5.14. The lowest BCUT2D eigenvalue weighted by molar-refractivity contribution is 0.0702. The van der Waals surface area contributed by atoms with Crippen molar-refractivity contribution in [2.24, 2.45) is 0 Å². The lowest BCUT2D eigenvalue weighted by Gasteiger charge is -2.06. The molecule has 0 saturated carbocycles. The number of carboxylic acids is 1. The lowest BCUT2D eigenvalue weighted by atomic mass is 10.4. The molecule has 21 heavy (non-hydrogen) atoms. The highest BCUT2D eigenvalue weighted by atomic mass is 32.2. The molecule has 120 valence electrons. The van der Waals surface area contributed by atoms with Crippen LogP contribution in [-0.4, -0.2) is 39.3 Å². The Balaban J connectivity index is 2.48. The minimum Gasteiger partial charge on any atom is -0.477 e. The summed E-state index contributed by atoms with van der Waals surface area (Å²) in [5, 5.41) is 8.88. The summed E-state index contributed by atoms with van der Waals surface area (Å²) < 4.78 is 32.0. The summed E-state index contributed by atoms with van der Waals surface area (Å²) in [6, 6.07) is 1.20. The van der Waals surface area contributed by atoms with Crippen molar-refractivity contribution >= 4 is 27.3 Å². The van der Waals surface area contributed by atoms with E-state index in [1.54, 1.807) is 6.92 Å². The van der Waals surface area contributed by atoms with E-state index in [4.69, 9.17) is 9.84 Å². The Hall–Kier alpha value is -0.960. The van der Waals surface area contributed by atoms with E-state index in [0.717, 1.165) is 24.2 Å². The van der Waals surface area contributed by atoms with Crippen LogP contribution in [-0.2, 0) is 14.8 Å². The van der Waals surface area contributed by atoms with Crippen LogP contribution in [0.1, 0.15) is 40.7 Å². The van der Waals surface area contributed by atoms with Crippen molar-refractivity contribution in [3.63, 3.8) is 0 Å². The Labute approximate surface area is 129 Å². The molecule has 1 aromatic rings. The number of aromatic carboxylic acids is 1. The second-order valence-corrected chi connectivity index (χ2v) is 7.55. The third kappa shape index (κ3) is 5.74. The third-order valence-electron chi connectivity index (χ3n) is 2.77. The number of thiophene rings is 1. The molecule has 0 spiro atoms. The van der Waals surface area contributed by atoms with E-state index in [2.05, 4.69) is 11.6 Å². The zero-order chi connectivity index (χ0) is 15.9. The van der Waals surface area contributed by atoms with Crippen LogP contribution in [0.4, 0.5) is 0 Å². The number of unbranched alkanes of at least 4 members (excludes halogenated alkanes) is 1. The summed E-state index contributed by atoms with van der Waals surface area (Å²) >= 11 is 0.959. The number of rotatable bonds is 10. The molecule has 0 unspecified atom stereocenters. The Morgan fingerprint density at radius 3 is 2.62 bits per heavy atom. The van der Waals surface area contributed by atoms with E-state index in [0.29, 0.717) is 24.5 Å². The number of carboxylic acid groups (broad SMARTS) is 1. The van der Waals surface area contributed by atoms with Crippen molar-refractivity contribution in [3.8, 4) is 0 Å². The largest absolute Gasteiger partial charge is 0.477 e. The van der Waals surface area contributed by atoms with Gasteiger partial charge >= 0.3 is 5.97 Å². The van der Waals surface area contributed by atoms with Gasteiger partial charge in [-0.3, -0.25) is 0 Å². The molecule has 1 rings (SSSR count). The zero-order valence-corrected chi connectivity index (χ0v) is 13.8. The molecule has 0 aliphatic carbocycles. The third-order valence-corrected chi connectivity index (χ3v) is 5.53. The van der Waals surface area contributed by atoms with Gasteiger partial charge in [0, 0.05) is 24.6 Å². The Morgan fingerprint density at radius 1 is 1.38 bits per heavy atom. The van der Waals surface area contributed by atoms with Crippen molar-refractivity contribution in [3.05, 3.63) is 15.8 Å². The molecule has 0 atom stereocenters. The molecular weight excluding hydrogens is 314 g/mol. The Bertz CT molecular complexity index is 565. The Kier molecular flexibility index (Phi) is 7.30. The fourth-order valence-electron chi connectivity index (χ4n) is 1.64. The van der Waals surface area contributed by atoms with Gasteiger partial charge < -0.3 is 9.84 Å². The number of carbonyl (C=O) groups is 1. The van der Waals surface area contributed by atoms with Crippen LogP contribution in [0, 0.1) is 6.92 Å². The van der Waals surface area contributed by atoms with Crippen LogP contribution >= 0.6 is 11.3 Å². The van der Waals surface area contributed by atoms with Gasteiger partial charge in [-0.2, -0.15) is 0 Å². The van der Waals surface area contributed by atoms with Crippen molar-refractivity contribution < 1.29 is 23.1 Å². The van der Waals surface area contributed by atoms with Gasteiger partial charge in [-0.05, 0) is 25.8 Å². The molecule has 0 radical (unpaired) electrons. The molecule has 6 nitrogen and oxygen atoms in total. The number of hydrogen-bond donors (Lipinski definition) is 2. The van der Waals surface area contributed by atoms with Crippen molar-refractivity contribution in [1.29, 1.82) is 0 Å². The van der Waals surface area contributed by atoms with Crippen LogP contribution in [0.15, 0.2) is 11.0 Å². The first-order valence-electron chi connectivity index (χ1n) is 6.79. The molecule has 0 aliphatic rings. The number of nitrogens with one attached hydrogen (secondary N) is 1. The van der Waals surface area contributed by atoms with E-state index >= 15 is 0 Å². The summed E-state index contributed by atoms with van der Waals surface area (Å²) in [4.78, 5) is 11.4. The van der Waals surface area contributed by atoms with E-state index in [1.807, 2.05) is 0 Å². The van der Waals surface area contributed by atoms with E-state index in [1.165, 1.54) is 6.07 Å². The lowest BCUT2D eigenvalue weighted by Crippen LogP contribution is -2.25. The molecule has 0 aromatic carbocycles. The molecule has 0 bridgehead atoms. The van der Waals surface area contributed by atoms with E-state index < -0.39 is 16.0 Å². The molecule has 0 aliphatic heterocycles. The van der Waals surface area contributed by atoms with Crippen LogP contribution in [0.2, 0.25) is 0 Å². The Morgan fingerprint density at radius 2 is 2.05 bits per heavy atom. The van der Waals surface area contributed by atoms with Crippen molar-refractivity contribution in [2.75, 3.05) is 19.8 Å². The van der Waals surface area contributed by atoms with Gasteiger partial charge in [0.1, 0.15) is 4.88 Å². The fraction of sp³-hybridized carbons (Fsp3) is 0.615. The molecule has 0 fully saturated rings. The first-order valence-corrected chi connectivity index (χ1v) is 9.09. The second-order valence-electron chi connectivity index (χ2n) is 4.55. The molecule has 1 heterocycles. The van der Waals surface area contributed by atoms with Crippen molar-refractivity contribution in [2.45, 2.75) is 38.0 Å². The number of aryl methyl sites for hydroxylation is 1. The number of hydrogen-bond acceptors (Lipinski definition) is 5. The maximum atomic E-state index is 12.1. The highest BCUT2D eigenvalue weighted by Gasteiger charge is 2.21. The maximum Gasteiger partial charge on any atom is 0.345 e. The normalized spacial score (nSPS) is 11.7. The molecular formula is C13H21NO5S2.